The summed E-state index contributed by atoms with van der Waals surface area (Å²) in [6, 6.07) is 15.7. The molecule has 0 aliphatic carbocycles. The van der Waals surface area contributed by atoms with Crippen molar-refractivity contribution in [2.45, 2.75) is 26.2 Å². The molecule has 3 N–H and O–H groups in total. The molecule has 0 saturated carbocycles. The van der Waals surface area contributed by atoms with Crippen LogP contribution in [0, 0.1) is 0 Å². The summed E-state index contributed by atoms with van der Waals surface area (Å²) in [5.41, 5.74) is 2.28. The molecule has 2 amide bonds. The second-order valence-corrected chi connectivity index (χ2v) is 7.65. The van der Waals surface area contributed by atoms with Gasteiger partial charge in [-0.05, 0) is 35.2 Å². The van der Waals surface area contributed by atoms with Crippen LogP contribution >= 0.6 is 0 Å². The van der Waals surface area contributed by atoms with Crippen LogP contribution in [0.3, 0.4) is 0 Å². The third kappa shape index (κ3) is 4.46. The average molecular weight is 377 g/mol. The van der Waals surface area contributed by atoms with E-state index in [0.717, 1.165) is 10.9 Å². The monoisotopic (exact) mass is 377 g/mol. The molecule has 3 aromatic rings. The number of nitrogens with one attached hydrogen (secondary N) is 3. The van der Waals surface area contributed by atoms with Gasteiger partial charge in [0, 0.05) is 22.7 Å². The van der Waals surface area contributed by atoms with E-state index in [1.807, 2.05) is 32.9 Å². The van der Waals surface area contributed by atoms with Gasteiger partial charge in [0.2, 0.25) is 11.5 Å². The molecule has 6 heteroatoms. The molecule has 0 bridgehead atoms. The molecule has 1 heterocycles. The minimum Gasteiger partial charge on any atom is -0.343 e. The van der Waals surface area contributed by atoms with Gasteiger partial charge < -0.3 is 15.6 Å². The first-order valence-corrected chi connectivity index (χ1v) is 9.05. The van der Waals surface area contributed by atoms with Gasteiger partial charge in [0.1, 0.15) is 0 Å². The van der Waals surface area contributed by atoms with Crippen LogP contribution in [-0.2, 0) is 10.2 Å². The second-order valence-electron chi connectivity index (χ2n) is 7.65. The Morgan fingerprint density at radius 3 is 2.39 bits per heavy atom. The number of benzene rings is 2. The summed E-state index contributed by atoms with van der Waals surface area (Å²) in [6.45, 7) is 6.00. The summed E-state index contributed by atoms with van der Waals surface area (Å²) in [7, 11) is 0. The number of pyridine rings is 1. The molecule has 1 aromatic heterocycles. The van der Waals surface area contributed by atoms with Crippen LogP contribution in [-0.4, -0.2) is 23.3 Å². The van der Waals surface area contributed by atoms with Gasteiger partial charge in [-0.2, -0.15) is 0 Å². The standard InChI is InChI=1S/C22H23N3O3/c1-22(2,3)17-12-19(26)25-18-11-15(9-10-16(17)18)24-20(27)13-23-21(28)14-7-5-4-6-8-14/h4-12H,13H2,1-3H3,(H,23,28)(H,24,27)(H,25,26). The maximum absolute atomic E-state index is 12.2. The molecule has 0 aliphatic rings. The minimum atomic E-state index is -0.349. The van der Waals surface area contributed by atoms with Gasteiger partial charge in [0.25, 0.3) is 5.91 Å². The van der Waals surface area contributed by atoms with Crippen molar-refractivity contribution in [3.63, 3.8) is 0 Å². The first kappa shape index (κ1) is 19.4. The van der Waals surface area contributed by atoms with Crippen molar-refractivity contribution in [3.05, 3.63) is 76.1 Å². The van der Waals surface area contributed by atoms with Gasteiger partial charge >= 0.3 is 0 Å². The fourth-order valence-electron chi connectivity index (χ4n) is 3.02. The van der Waals surface area contributed by atoms with Gasteiger partial charge in [0.05, 0.1) is 12.1 Å². The average Bonchev–Trinajstić information content (AvgIpc) is 2.65. The van der Waals surface area contributed by atoms with E-state index in [1.165, 1.54) is 0 Å². The summed E-state index contributed by atoms with van der Waals surface area (Å²) in [5, 5.41) is 6.26. The smallest absolute Gasteiger partial charge is 0.251 e. The van der Waals surface area contributed by atoms with E-state index in [4.69, 9.17) is 0 Å². The molecule has 144 valence electrons. The molecule has 0 fully saturated rings. The zero-order valence-electron chi connectivity index (χ0n) is 16.1. The maximum atomic E-state index is 12.2. The van der Waals surface area contributed by atoms with Gasteiger partial charge in [0.15, 0.2) is 0 Å². The van der Waals surface area contributed by atoms with Crippen molar-refractivity contribution in [3.8, 4) is 0 Å². The van der Waals surface area contributed by atoms with E-state index < -0.39 is 0 Å². The van der Waals surface area contributed by atoms with E-state index in [9.17, 15) is 14.4 Å². The number of H-pyrrole nitrogens is 1. The maximum Gasteiger partial charge on any atom is 0.251 e. The third-order valence-corrected chi connectivity index (χ3v) is 4.38. The predicted octanol–water partition coefficient (Wildman–Crippen LogP) is 3.19. The quantitative estimate of drug-likeness (QED) is 0.652. The van der Waals surface area contributed by atoms with Crippen LogP contribution in [0.15, 0.2) is 59.4 Å². The van der Waals surface area contributed by atoms with Gasteiger partial charge in [-0.1, -0.05) is 45.0 Å². The van der Waals surface area contributed by atoms with Crippen molar-refractivity contribution in [1.29, 1.82) is 0 Å². The van der Waals surface area contributed by atoms with Crippen LogP contribution in [0.25, 0.3) is 10.9 Å². The first-order chi connectivity index (χ1) is 13.2. The normalized spacial score (nSPS) is 11.2. The lowest BCUT2D eigenvalue weighted by molar-refractivity contribution is -0.115. The third-order valence-electron chi connectivity index (χ3n) is 4.38. The van der Waals surface area contributed by atoms with Crippen LogP contribution in [0.2, 0.25) is 0 Å². The van der Waals surface area contributed by atoms with Crippen molar-refractivity contribution in [1.82, 2.24) is 10.3 Å². The van der Waals surface area contributed by atoms with Crippen molar-refractivity contribution >= 4 is 28.4 Å². The zero-order chi connectivity index (χ0) is 20.3. The van der Waals surface area contributed by atoms with Gasteiger partial charge in [-0.3, -0.25) is 14.4 Å². The van der Waals surface area contributed by atoms with Crippen molar-refractivity contribution in [2.75, 3.05) is 11.9 Å². The topological polar surface area (TPSA) is 91.1 Å². The zero-order valence-corrected chi connectivity index (χ0v) is 16.1. The molecular weight excluding hydrogens is 354 g/mol. The highest BCUT2D eigenvalue weighted by molar-refractivity contribution is 6.00. The van der Waals surface area contributed by atoms with E-state index in [-0.39, 0.29) is 29.3 Å². The number of aromatic amines is 1. The number of fused-ring (bicyclic) bond motifs is 1. The molecule has 0 aliphatic heterocycles. The van der Waals surface area contributed by atoms with Crippen molar-refractivity contribution in [2.24, 2.45) is 0 Å². The van der Waals surface area contributed by atoms with E-state index >= 15 is 0 Å². The SMILES string of the molecule is CC(C)(C)c1cc(=O)[nH]c2cc(NC(=O)CNC(=O)c3ccccc3)ccc12. The fourth-order valence-corrected chi connectivity index (χ4v) is 3.02. The number of hydrogen-bond donors (Lipinski definition) is 3. The molecule has 0 unspecified atom stereocenters. The lowest BCUT2D eigenvalue weighted by Crippen LogP contribution is -2.32. The summed E-state index contributed by atoms with van der Waals surface area (Å²) >= 11 is 0. The molecule has 0 spiro atoms. The minimum absolute atomic E-state index is 0.148. The number of carbonyl (C=O) groups excluding carboxylic acids is 2. The number of rotatable bonds is 4. The highest BCUT2D eigenvalue weighted by atomic mass is 16.2. The van der Waals surface area contributed by atoms with Crippen LogP contribution in [0.4, 0.5) is 5.69 Å². The van der Waals surface area contributed by atoms with Crippen LogP contribution < -0.4 is 16.2 Å². The molecule has 0 saturated heterocycles. The van der Waals surface area contributed by atoms with Gasteiger partial charge in [-0.25, -0.2) is 0 Å². The number of anilines is 1. The Morgan fingerprint density at radius 1 is 1.00 bits per heavy atom. The first-order valence-electron chi connectivity index (χ1n) is 9.05. The van der Waals surface area contributed by atoms with Crippen molar-refractivity contribution < 1.29 is 9.59 Å². The van der Waals surface area contributed by atoms with E-state index in [2.05, 4.69) is 15.6 Å². The van der Waals surface area contributed by atoms with Gasteiger partial charge in [-0.15, -0.1) is 0 Å². The molecular formula is C22H23N3O3. The predicted molar refractivity (Wildman–Crippen MR) is 111 cm³/mol. The summed E-state index contributed by atoms with van der Waals surface area (Å²) in [5.74, 6) is -0.661. The Hall–Kier alpha value is -3.41. The molecule has 3 rings (SSSR count). The van der Waals surface area contributed by atoms with Crippen LogP contribution in [0.5, 0.6) is 0 Å². The summed E-state index contributed by atoms with van der Waals surface area (Å²) in [6.07, 6.45) is 0. The lowest BCUT2D eigenvalue weighted by atomic mass is 9.85. The Morgan fingerprint density at radius 2 is 1.71 bits per heavy atom. The van der Waals surface area contributed by atoms with E-state index in [1.54, 1.807) is 42.5 Å². The number of hydrogen-bond acceptors (Lipinski definition) is 3. The number of carbonyl (C=O) groups is 2. The summed E-state index contributed by atoms with van der Waals surface area (Å²) < 4.78 is 0. The largest absolute Gasteiger partial charge is 0.343 e. The fraction of sp³-hybridized carbons (Fsp3) is 0.227. The lowest BCUT2D eigenvalue weighted by Gasteiger charge is -2.21. The Labute approximate surface area is 163 Å². The van der Waals surface area contributed by atoms with E-state index in [0.29, 0.717) is 16.8 Å². The molecule has 2 aromatic carbocycles. The summed E-state index contributed by atoms with van der Waals surface area (Å²) in [4.78, 5) is 39.0. The Kier molecular flexibility index (Phi) is 5.31. The Bertz CT molecular complexity index is 1080. The molecule has 6 nitrogen and oxygen atoms in total. The number of amides is 2. The number of aromatic nitrogens is 1. The molecule has 0 atom stereocenters. The van der Waals surface area contributed by atoms with Crippen LogP contribution in [0.1, 0.15) is 36.7 Å². The highest BCUT2D eigenvalue weighted by Crippen LogP contribution is 2.29. The molecule has 0 radical (unpaired) electrons. The second kappa shape index (κ2) is 7.68. The highest BCUT2D eigenvalue weighted by Gasteiger charge is 2.18. The Balaban J connectivity index is 1.73. The molecule has 28 heavy (non-hydrogen) atoms.